The number of amides is 1. The lowest BCUT2D eigenvalue weighted by molar-refractivity contribution is -0.146. The van der Waals surface area contributed by atoms with Crippen LogP contribution in [-0.2, 0) is 14.3 Å². The van der Waals surface area contributed by atoms with Crippen molar-refractivity contribution in [1.29, 1.82) is 0 Å². The molecule has 0 bridgehead atoms. The lowest BCUT2D eigenvalue weighted by Crippen LogP contribution is -2.52. The van der Waals surface area contributed by atoms with E-state index in [0.29, 0.717) is 26.1 Å². The molecule has 0 atom stereocenters. The monoisotopic (exact) mass is 284 g/mol. The zero-order chi connectivity index (χ0) is 14.6. The van der Waals surface area contributed by atoms with E-state index in [1.807, 2.05) is 4.90 Å². The molecule has 0 aromatic rings. The third kappa shape index (κ3) is 3.70. The summed E-state index contributed by atoms with van der Waals surface area (Å²) in [4.78, 5) is 26.8. The number of nitrogens with zero attached hydrogens (tertiary/aromatic N) is 2. The first kappa shape index (κ1) is 15.3. The molecule has 0 radical (unpaired) electrons. The molecule has 114 valence electrons. The second kappa shape index (κ2) is 6.54. The molecule has 6 nitrogen and oxygen atoms in total. The van der Waals surface area contributed by atoms with Gasteiger partial charge in [0.25, 0.3) is 0 Å². The molecule has 6 heteroatoms. The Labute approximate surface area is 119 Å². The summed E-state index contributed by atoms with van der Waals surface area (Å²) in [6.07, 6.45) is 3.76. The normalized spacial score (nSPS) is 22.4. The second-order valence-corrected chi connectivity index (χ2v) is 5.78. The van der Waals surface area contributed by atoms with Crippen LogP contribution in [0, 0.1) is 0 Å². The Morgan fingerprint density at radius 3 is 2.30 bits per heavy atom. The van der Waals surface area contributed by atoms with Gasteiger partial charge in [-0.15, -0.1) is 0 Å². The molecule has 1 amide bonds. The highest BCUT2D eigenvalue weighted by Crippen LogP contribution is 2.38. The first-order valence-electron chi connectivity index (χ1n) is 7.32. The van der Waals surface area contributed by atoms with E-state index in [1.54, 1.807) is 7.11 Å². The van der Waals surface area contributed by atoms with Crippen LogP contribution in [0.3, 0.4) is 0 Å². The van der Waals surface area contributed by atoms with Crippen LogP contribution in [0.15, 0.2) is 0 Å². The van der Waals surface area contributed by atoms with Gasteiger partial charge in [0.05, 0.1) is 18.4 Å². The van der Waals surface area contributed by atoms with Crippen molar-refractivity contribution in [3.8, 4) is 0 Å². The average molecular weight is 284 g/mol. The fourth-order valence-electron chi connectivity index (χ4n) is 2.89. The smallest absolute Gasteiger partial charge is 0.304 e. The number of aliphatic carboxylic acids is 1. The SMILES string of the molecule is COC1(CC(=O)N2CCN(CCC(=O)O)CC2)CCC1. The van der Waals surface area contributed by atoms with E-state index in [-0.39, 0.29) is 17.9 Å². The molecule has 0 aromatic heterocycles. The Balaban J connectivity index is 1.73. The Kier molecular flexibility index (Phi) is 4.99. The number of hydrogen-bond acceptors (Lipinski definition) is 4. The molecule has 1 aliphatic carbocycles. The molecule has 1 aliphatic heterocycles. The highest BCUT2D eigenvalue weighted by Gasteiger charge is 2.40. The largest absolute Gasteiger partial charge is 0.481 e. The number of carboxylic acids is 1. The standard InChI is InChI=1S/C14H24N2O4/c1-20-14(4-2-5-14)11-12(17)16-9-7-15(8-10-16)6-3-13(18)19/h2-11H2,1H3,(H,18,19). The number of methoxy groups -OCH3 is 1. The summed E-state index contributed by atoms with van der Waals surface area (Å²) < 4.78 is 5.50. The van der Waals surface area contributed by atoms with Gasteiger partial charge in [-0.1, -0.05) is 0 Å². The molecule has 1 N–H and O–H groups in total. The lowest BCUT2D eigenvalue weighted by atomic mass is 9.77. The topological polar surface area (TPSA) is 70.1 Å². The summed E-state index contributed by atoms with van der Waals surface area (Å²) >= 11 is 0. The van der Waals surface area contributed by atoms with E-state index >= 15 is 0 Å². The number of carbonyl (C=O) groups excluding carboxylic acids is 1. The Bertz CT molecular complexity index is 355. The molecule has 0 aromatic carbocycles. The first-order chi connectivity index (χ1) is 9.54. The van der Waals surface area contributed by atoms with Crippen LogP contribution >= 0.6 is 0 Å². The number of carbonyl (C=O) groups is 2. The predicted octanol–water partition coefficient (Wildman–Crippen LogP) is 0.565. The number of hydrogen-bond donors (Lipinski definition) is 1. The van der Waals surface area contributed by atoms with Crippen molar-refractivity contribution >= 4 is 11.9 Å². The number of carboxylic acid groups (broad SMARTS) is 1. The zero-order valence-corrected chi connectivity index (χ0v) is 12.1. The summed E-state index contributed by atoms with van der Waals surface area (Å²) in [7, 11) is 1.69. The highest BCUT2D eigenvalue weighted by molar-refractivity contribution is 5.77. The van der Waals surface area contributed by atoms with Gasteiger partial charge in [0.2, 0.25) is 5.91 Å². The number of ether oxygens (including phenoxy) is 1. The zero-order valence-electron chi connectivity index (χ0n) is 12.1. The van der Waals surface area contributed by atoms with Gasteiger partial charge < -0.3 is 14.7 Å². The van der Waals surface area contributed by atoms with Crippen LogP contribution in [0.5, 0.6) is 0 Å². The molecular weight excluding hydrogens is 260 g/mol. The molecular formula is C14H24N2O4. The van der Waals surface area contributed by atoms with Crippen molar-refractivity contribution in [3.05, 3.63) is 0 Å². The minimum atomic E-state index is -0.768. The van der Waals surface area contributed by atoms with E-state index in [9.17, 15) is 9.59 Å². The van der Waals surface area contributed by atoms with E-state index in [0.717, 1.165) is 32.4 Å². The van der Waals surface area contributed by atoms with Crippen molar-refractivity contribution in [2.45, 2.75) is 37.7 Å². The average Bonchev–Trinajstić information content (AvgIpc) is 2.41. The van der Waals surface area contributed by atoms with Gasteiger partial charge in [0, 0.05) is 39.8 Å². The minimum Gasteiger partial charge on any atom is -0.481 e. The summed E-state index contributed by atoms with van der Waals surface area (Å²) in [6, 6.07) is 0. The van der Waals surface area contributed by atoms with E-state index in [1.165, 1.54) is 0 Å². The van der Waals surface area contributed by atoms with Crippen LogP contribution < -0.4 is 0 Å². The van der Waals surface area contributed by atoms with Crippen LogP contribution in [0.4, 0.5) is 0 Å². The van der Waals surface area contributed by atoms with Crippen LogP contribution in [0.1, 0.15) is 32.1 Å². The van der Waals surface area contributed by atoms with Gasteiger partial charge in [-0.05, 0) is 19.3 Å². The van der Waals surface area contributed by atoms with Gasteiger partial charge in [-0.25, -0.2) is 0 Å². The second-order valence-electron chi connectivity index (χ2n) is 5.78. The predicted molar refractivity (Wildman–Crippen MR) is 73.5 cm³/mol. The third-order valence-corrected chi connectivity index (χ3v) is 4.54. The van der Waals surface area contributed by atoms with Gasteiger partial charge in [0.15, 0.2) is 0 Å². The summed E-state index contributed by atoms with van der Waals surface area (Å²) in [5.74, 6) is -0.597. The number of piperazine rings is 1. The fraction of sp³-hybridized carbons (Fsp3) is 0.857. The summed E-state index contributed by atoms with van der Waals surface area (Å²) in [5.41, 5.74) is -0.211. The van der Waals surface area contributed by atoms with Gasteiger partial charge in [-0.3, -0.25) is 14.5 Å². The molecule has 2 aliphatic rings. The fourth-order valence-corrected chi connectivity index (χ4v) is 2.89. The molecule has 2 rings (SSSR count). The molecule has 0 unspecified atom stereocenters. The van der Waals surface area contributed by atoms with Crippen LogP contribution in [0.25, 0.3) is 0 Å². The summed E-state index contributed by atoms with van der Waals surface area (Å²) in [6.45, 7) is 3.48. The maximum Gasteiger partial charge on any atom is 0.304 e. The van der Waals surface area contributed by atoms with Crippen molar-refractivity contribution in [2.24, 2.45) is 0 Å². The van der Waals surface area contributed by atoms with E-state index < -0.39 is 5.97 Å². The van der Waals surface area contributed by atoms with E-state index in [2.05, 4.69) is 4.90 Å². The Morgan fingerprint density at radius 2 is 1.85 bits per heavy atom. The van der Waals surface area contributed by atoms with Crippen molar-refractivity contribution in [3.63, 3.8) is 0 Å². The molecule has 1 heterocycles. The molecule has 2 fully saturated rings. The summed E-state index contributed by atoms with van der Waals surface area (Å²) in [5, 5.41) is 8.67. The Morgan fingerprint density at radius 1 is 1.20 bits per heavy atom. The van der Waals surface area contributed by atoms with Crippen LogP contribution in [-0.4, -0.2) is 72.2 Å². The first-order valence-corrected chi connectivity index (χ1v) is 7.32. The van der Waals surface area contributed by atoms with Crippen molar-refractivity contribution in [1.82, 2.24) is 9.80 Å². The molecule has 1 saturated heterocycles. The highest BCUT2D eigenvalue weighted by atomic mass is 16.5. The van der Waals surface area contributed by atoms with Gasteiger partial charge >= 0.3 is 5.97 Å². The third-order valence-electron chi connectivity index (χ3n) is 4.54. The van der Waals surface area contributed by atoms with E-state index in [4.69, 9.17) is 9.84 Å². The maximum absolute atomic E-state index is 12.3. The maximum atomic E-state index is 12.3. The minimum absolute atomic E-state index is 0.167. The van der Waals surface area contributed by atoms with Gasteiger partial charge in [-0.2, -0.15) is 0 Å². The molecule has 20 heavy (non-hydrogen) atoms. The van der Waals surface area contributed by atoms with Crippen molar-refractivity contribution < 1.29 is 19.4 Å². The van der Waals surface area contributed by atoms with Crippen molar-refractivity contribution in [2.75, 3.05) is 39.8 Å². The number of rotatable bonds is 6. The molecule has 1 saturated carbocycles. The lowest BCUT2D eigenvalue weighted by Gasteiger charge is -2.42. The van der Waals surface area contributed by atoms with Gasteiger partial charge in [0.1, 0.15) is 0 Å². The Hall–Kier alpha value is -1.14. The van der Waals surface area contributed by atoms with Crippen LogP contribution in [0.2, 0.25) is 0 Å². The quantitative estimate of drug-likeness (QED) is 0.772. The molecule has 0 spiro atoms.